The van der Waals surface area contributed by atoms with Crippen LogP contribution in [-0.2, 0) is 14.4 Å². The molecule has 0 aromatic heterocycles. The maximum absolute atomic E-state index is 12.5. The number of aliphatic carboxylic acids is 2. The standard InChI is InChI=1S/C23H30N4O2.2C2HF3O2/c1-3-26(20-8-6-7-19(15-20)17(2)24)16-22(28)29-21-11-9-18(10-12-21)23(25)27-13-4-5-14-27;2*3-2(4,5)1(6)7/h6-12,15,17,25H,3-5,13-14,16,24H2,1-2H3;2*(H,6,7). The molecule has 0 radical (unpaired) electrons. The van der Waals surface area contributed by atoms with E-state index in [0.717, 1.165) is 42.7 Å². The first kappa shape index (κ1) is 36.7. The van der Waals surface area contributed by atoms with Crippen LogP contribution in [-0.4, -0.2) is 77.4 Å². The molecular weight excluding hydrogens is 590 g/mol. The molecule has 43 heavy (non-hydrogen) atoms. The quantitative estimate of drug-likeness (QED) is 0.112. The van der Waals surface area contributed by atoms with Gasteiger partial charge in [-0.05, 0) is 68.7 Å². The van der Waals surface area contributed by atoms with Gasteiger partial charge < -0.3 is 30.5 Å². The Bertz CT molecular complexity index is 1210. The molecule has 1 aliphatic rings. The monoisotopic (exact) mass is 622 g/mol. The van der Waals surface area contributed by atoms with E-state index in [2.05, 4.69) is 4.90 Å². The van der Waals surface area contributed by atoms with Gasteiger partial charge in [-0.15, -0.1) is 0 Å². The van der Waals surface area contributed by atoms with Crippen molar-refractivity contribution in [2.75, 3.05) is 31.1 Å². The predicted molar refractivity (Wildman–Crippen MR) is 144 cm³/mol. The molecule has 0 bridgehead atoms. The van der Waals surface area contributed by atoms with E-state index in [9.17, 15) is 31.1 Å². The number of carboxylic acids is 2. The second kappa shape index (κ2) is 16.3. The number of alkyl halides is 6. The minimum Gasteiger partial charge on any atom is -0.475 e. The summed E-state index contributed by atoms with van der Waals surface area (Å²) in [6.45, 7) is 6.66. The van der Waals surface area contributed by atoms with Crippen LogP contribution in [0.3, 0.4) is 0 Å². The fourth-order valence-corrected chi connectivity index (χ4v) is 3.51. The van der Waals surface area contributed by atoms with E-state index in [1.807, 2.05) is 55.1 Å². The minimum atomic E-state index is -5.08. The Balaban J connectivity index is 0.000000548. The van der Waals surface area contributed by atoms with Gasteiger partial charge in [-0.2, -0.15) is 26.3 Å². The second-order valence-corrected chi connectivity index (χ2v) is 9.04. The molecule has 1 fully saturated rings. The van der Waals surface area contributed by atoms with Gasteiger partial charge in [-0.1, -0.05) is 12.1 Å². The number of halogens is 6. The number of likely N-dealkylation sites (N-methyl/N-ethyl adjacent to an activating group) is 1. The van der Waals surface area contributed by atoms with E-state index in [4.69, 9.17) is 35.7 Å². The first-order chi connectivity index (χ1) is 19.9. The van der Waals surface area contributed by atoms with E-state index in [1.54, 1.807) is 12.1 Å². The molecule has 1 saturated heterocycles. The number of rotatable bonds is 7. The highest BCUT2D eigenvalue weighted by Gasteiger charge is 2.38. The molecule has 3 rings (SSSR count). The summed E-state index contributed by atoms with van der Waals surface area (Å²) in [5.41, 5.74) is 8.80. The smallest absolute Gasteiger partial charge is 0.475 e. The number of likely N-dealkylation sites (tertiary alicyclic amines) is 1. The molecule has 0 aliphatic carbocycles. The molecule has 238 valence electrons. The van der Waals surface area contributed by atoms with Gasteiger partial charge >= 0.3 is 30.3 Å². The van der Waals surface area contributed by atoms with Gasteiger partial charge in [-0.3, -0.25) is 5.41 Å². The summed E-state index contributed by atoms with van der Waals surface area (Å²) in [4.78, 5) is 34.3. The topological polar surface area (TPSA) is 157 Å². The summed E-state index contributed by atoms with van der Waals surface area (Å²) in [6.07, 6.45) is -7.89. The van der Waals surface area contributed by atoms with Gasteiger partial charge in [0.25, 0.3) is 0 Å². The lowest BCUT2D eigenvalue weighted by Crippen LogP contribution is -2.32. The average Bonchev–Trinajstić information content (AvgIpc) is 3.46. The molecule has 0 saturated carbocycles. The van der Waals surface area contributed by atoms with Crippen LogP contribution >= 0.6 is 0 Å². The van der Waals surface area contributed by atoms with Crippen molar-refractivity contribution in [2.24, 2.45) is 5.73 Å². The van der Waals surface area contributed by atoms with Crippen molar-refractivity contribution in [1.29, 1.82) is 5.41 Å². The lowest BCUT2D eigenvalue weighted by molar-refractivity contribution is -0.193. The van der Waals surface area contributed by atoms with Crippen molar-refractivity contribution < 1.29 is 55.7 Å². The third-order valence-corrected chi connectivity index (χ3v) is 5.73. The number of carboxylic acid groups (broad SMARTS) is 2. The van der Waals surface area contributed by atoms with E-state index in [0.29, 0.717) is 18.1 Å². The number of nitrogens with two attached hydrogens (primary N) is 1. The number of carbonyl (C=O) groups is 3. The highest BCUT2D eigenvalue weighted by molar-refractivity contribution is 5.96. The van der Waals surface area contributed by atoms with Crippen LogP contribution in [0.15, 0.2) is 48.5 Å². The normalized spacial score (nSPS) is 13.5. The predicted octanol–water partition coefficient (Wildman–Crippen LogP) is 4.83. The summed E-state index contributed by atoms with van der Waals surface area (Å²) in [5.74, 6) is -4.81. The number of nitrogens with one attached hydrogen (secondary N) is 1. The van der Waals surface area contributed by atoms with Crippen molar-refractivity contribution in [2.45, 2.75) is 45.1 Å². The summed E-state index contributed by atoms with van der Waals surface area (Å²) in [5, 5.41) is 22.6. The fraction of sp³-hybridized carbons (Fsp3) is 0.407. The zero-order chi connectivity index (χ0) is 33.0. The van der Waals surface area contributed by atoms with Crippen molar-refractivity contribution >= 4 is 29.4 Å². The van der Waals surface area contributed by atoms with Crippen LogP contribution in [0.2, 0.25) is 0 Å². The molecule has 0 spiro atoms. The maximum atomic E-state index is 12.5. The molecule has 1 aliphatic heterocycles. The number of anilines is 1. The number of hydrogen-bond donors (Lipinski definition) is 4. The van der Waals surface area contributed by atoms with E-state index in [-0.39, 0.29) is 18.6 Å². The van der Waals surface area contributed by atoms with Crippen molar-refractivity contribution in [3.8, 4) is 5.75 Å². The summed E-state index contributed by atoms with van der Waals surface area (Å²) >= 11 is 0. The van der Waals surface area contributed by atoms with Crippen molar-refractivity contribution in [1.82, 2.24) is 4.90 Å². The second-order valence-electron chi connectivity index (χ2n) is 9.04. The lowest BCUT2D eigenvalue weighted by Gasteiger charge is -2.23. The molecule has 5 N–H and O–H groups in total. The zero-order valence-electron chi connectivity index (χ0n) is 23.2. The highest BCUT2D eigenvalue weighted by atomic mass is 19.4. The van der Waals surface area contributed by atoms with Crippen LogP contribution in [0, 0.1) is 5.41 Å². The van der Waals surface area contributed by atoms with Gasteiger partial charge in [0.1, 0.15) is 18.1 Å². The summed E-state index contributed by atoms with van der Waals surface area (Å²) in [7, 11) is 0. The Kier molecular flexibility index (Phi) is 13.9. The van der Waals surface area contributed by atoms with Crippen LogP contribution < -0.4 is 15.4 Å². The number of hydrogen-bond acceptors (Lipinski definition) is 7. The van der Waals surface area contributed by atoms with Gasteiger partial charge in [0, 0.05) is 36.9 Å². The van der Waals surface area contributed by atoms with Gasteiger partial charge in [0.2, 0.25) is 0 Å². The van der Waals surface area contributed by atoms with Crippen LogP contribution in [0.5, 0.6) is 5.75 Å². The first-order valence-electron chi connectivity index (χ1n) is 12.7. The molecule has 1 heterocycles. The number of nitrogens with zero attached hydrogens (tertiary/aromatic N) is 2. The van der Waals surface area contributed by atoms with Gasteiger partial charge in [-0.25, -0.2) is 14.4 Å². The molecule has 16 heteroatoms. The third-order valence-electron chi connectivity index (χ3n) is 5.73. The van der Waals surface area contributed by atoms with Crippen LogP contribution in [0.1, 0.15) is 43.9 Å². The van der Waals surface area contributed by atoms with Gasteiger partial charge in [0.15, 0.2) is 0 Å². The number of esters is 1. The number of benzene rings is 2. The molecule has 2 aromatic rings. The van der Waals surface area contributed by atoms with E-state index >= 15 is 0 Å². The van der Waals surface area contributed by atoms with E-state index < -0.39 is 24.3 Å². The molecule has 2 aromatic carbocycles. The number of amidine groups is 1. The van der Waals surface area contributed by atoms with Gasteiger partial charge in [0.05, 0.1) is 0 Å². The molecule has 1 atom stereocenters. The Morgan fingerprint density at radius 3 is 1.88 bits per heavy atom. The molecule has 10 nitrogen and oxygen atoms in total. The summed E-state index contributed by atoms with van der Waals surface area (Å²) in [6, 6.07) is 15.1. The van der Waals surface area contributed by atoms with Crippen molar-refractivity contribution in [3.63, 3.8) is 0 Å². The Labute approximate surface area is 243 Å². The Morgan fingerprint density at radius 1 is 0.977 bits per heavy atom. The zero-order valence-corrected chi connectivity index (χ0v) is 23.2. The molecule has 1 unspecified atom stereocenters. The SMILES string of the molecule is CCN(CC(=O)Oc1ccc(C(=N)N2CCCC2)cc1)c1cccc(C(C)N)c1.O=C(O)C(F)(F)F.O=C(O)C(F)(F)F. The highest BCUT2D eigenvalue weighted by Crippen LogP contribution is 2.21. The summed E-state index contributed by atoms with van der Waals surface area (Å²) < 4.78 is 69.0. The minimum absolute atomic E-state index is 0.0570. The molecule has 0 amide bonds. The Morgan fingerprint density at radius 2 is 1.47 bits per heavy atom. The van der Waals surface area contributed by atoms with Crippen LogP contribution in [0.25, 0.3) is 0 Å². The number of ether oxygens (including phenoxy) is 1. The molecular formula is C27H32F6N4O6. The fourth-order valence-electron chi connectivity index (χ4n) is 3.51. The lowest BCUT2D eigenvalue weighted by atomic mass is 10.1. The van der Waals surface area contributed by atoms with Crippen LogP contribution in [0.4, 0.5) is 32.0 Å². The maximum Gasteiger partial charge on any atom is 0.490 e. The largest absolute Gasteiger partial charge is 0.490 e. The Hall–Kier alpha value is -4.34. The third kappa shape index (κ3) is 13.0. The number of carbonyl (C=O) groups excluding carboxylic acids is 1. The first-order valence-corrected chi connectivity index (χ1v) is 12.7. The average molecular weight is 623 g/mol. The van der Waals surface area contributed by atoms with E-state index in [1.165, 1.54) is 0 Å². The van der Waals surface area contributed by atoms with Crippen molar-refractivity contribution in [3.05, 3.63) is 59.7 Å².